The van der Waals surface area contributed by atoms with E-state index >= 15 is 0 Å². The van der Waals surface area contributed by atoms with Gasteiger partial charge in [0, 0.05) is 43.2 Å². The van der Waals surface area contributed by atoms with Crippen LogP contribution >= 0.6 is 0 Å². The number of rotatable bonds is 8. The molecule has 2 aliphatic rings. The van der Waals surface area contributed by atoms with Crippen molar-refractivity contribution in [1.29, 1.82) is 0 Å². The molecule has 1 fully saturated rings. The van der Waals surface area contributed by atoms with Gasteiger partial charge in [-0.1, -0.05) is 36.4 Å². The van der Waals surface area contributed by atoms with Crippen LogP contribution in [-0.2, 0) is 29.2 Å². The molecule has 6 rings (SSSR count). The Labute approximate surface area is 240 Å². The quantitative estimate of drug-likeness (QED) is 0.236. The van der Waals surface area contributed by atoms with E-state index in [0.29, 0.717) is 41.3 Å². The van der Waals surface area contributed by atoms with Gasteiger partial charge in [-0.2, -0.15) is 0 Å². The minimum atomic E-state index is -0.336. The first-order valence-electron chi connectivity index (χ1n) is 14.4. The molecule has 212 valence electrons. The zero-order chi connectivity index (χ0) is 28.2. The Bertz CT molecular complexity index is 1540. The van der Waals surface area contributed by atoms with Crippen molar-refractivity contribution in [2.75, 3.05) is 24.7 Å². The number of nitrogens with zero attached hydrogens (tertiary/aromatic N) is 2. The minimum Gasteiger partial charge on any atom is -0.488 e. The highest BCUT2D eigenvalue weighted by atomic mass is 19.1. The van der Waals surface area contributed by atoms with E-state index in [0.717, 1.165) is 68.0 Å². The molecule has 0 bridgehead atoms. The van der Waals surface area contributed by atoms with Crippen LogP contribution in [0.25, 0.3) is 10.9 Å². The van der Waals surface area contributed by atoms with E-state index in [1.54, 1.807) is 6.07 Å². The van der Waals surface area contributed by atoms with Crippen LogP contribution in [0.2, 0.25) is 0 Å². The van der Waals surface area contributed by atoms with E-state index < -0.39 is 0 Å². The first-order valence-corrected chi connectivity index (χ1v) is 14.4. The Morgan fingerprint density at radius 2 is 1.85 bits per heavy atom. The molecule has 2 aliphatic heterocycles. The van der Waals surface area contributed by atoms with Gasteiger partial charge in [0.2, 0.25) is 5.91 Å². The van der Waals surface area contributed by atoms with Gasteiger partial charge >= 0.3 is 0 Å². The molecule has 0 aliphatic carbocycles. The second-order valence-corrected chi connectivity index (χ2v) is 10.9. The standard InChI is InChI=1S/C34H35FN2O4/c1-23-31(36-30-12-10-27(35)19-29(30)34(23)41-21-25-6-3-2-4-7-25)22-40-28-11-9-26-8-5-15-37(32(26)20-28)33(38)18-24-13-16-39-17-14-24/h2-4,6-7,9-12,19-20,24H,5,8,13-18,21-22H2,1H3. The largest absolute Gasteiger partial charge is 0.488 e. The average Bonchev–Trinajstić information content (AvgIpc) is 3.00. The topological polar surface area (TPSA) is 60.9 Å². The summed E-state index contributed by atoms with van der Waals surface area (Å²) < 4.78 is 32.2. The Morgan fingerprint density at radius 3 is 2.68 bits per heavy atom. The molecular formula is C34H35FN2O4. The van der Waals surface area contributed by atoms with Crippen LogP contribution in [0.3, 0.4) is 0 Å². The van der Waals surface area contributed by atoms with Gasteiger partial charge in [0.25, 0.3) is 0 Å². The smallest absolute Gasteiger partial charge is 0.227 e. The van der Waals surface area contributed by atoms with Crippen molar-refractivity contribution in [2.24, 2.45) is 5.92 Å². The van der Waals surface area contributed by atoms with E-state index in [-0.39, 0.29) is 18.3 Å². The number of hydrogen-bond donors (Lipinski definition) is 0. The highest BCUT2D eigenvalue weighted by molar-refractivity contribution is 5.95. The van der Waals surface area contributed by atoms with Crippen molar-refractivity contribution in [3.63, 3.8) is 0 Å². The van der Waals surface area contributed by atoms with Crippen LogP contribution in [0.15, 0.2) is 66.7 Å². The van der Waals surface area contributed by atoms with E-state index in [1.807, 2.05) is 54.3 Å². The van der Waals surface area contributed by atoms with Gasteiger partial charge < -0.3 is 19.1 Å². The number of anilines is 1. The molecule has 0 saturated carbocycles. The first kappa shape index (κ1) is 27.2. The zero-order valence-electron chi connectivity index (χ0n) is 23.4. The van der Waals surface area contributed by atoms with Gasteiger partial charge in [0.05, 0.1) is 16.9 Å². The number of amides is 1. The predicted octanol–water partition coefficient (Wildman–Crippen LogP) is 6.94. The Hall–Kier alpha value is -3.97. The normalized spacial score (nSPS) is 15.5. The molecule has 1 aromatic heterocycles. The lowest BCUT2D eigenvalue weighted by atomic mass is 9.94. The fourth-order valence-electron chi connectivity index (χ4n) is 5.77. The van der Waals surface area contributed by atoms with Gasteiger partial charge in [-0.3, -0.25) is 4.79 Å². The molecule has 7 heteroatoms. The third-order valence-electron chi connectivity index (χ3n) is 8.11. The number of carbonyl (C=O) groups is 1. The average molecular weight is 555 g/mol. The summed E-state index contributed by atoms with van der Waals surface area (Å²) in [5.41, 5.74) is 5.31. The fourth-order valence-corrected chi connectivity index (χ4v) is 5.77. The van der Waals surface area contributed by atoms with Crippen molar-refractivity contribution in [2.45, 2.75) is 52.2 Å². The van der Waals surface area contributed by atoms with Gasteiger partial charge in [-0.15, -0.1) is 0 Å². The Morgan fingerprint density at radius 1 is 1.02 bits per heavy atom. The van der Waals surface area contributed by atoms with Crippen LogP contribution < -0.4 is 14.4 Å². The van der Waals surface area contributed by atoms with Gasteiger partial charge in [-0.05, 0) is 73.9 Å². The third-order valence-corrected chi connectivity index (χ3v) is 8.11. The number of hydrogen-bond acceptors (Lipinski definition) is 5. The summed E-state index contributed by atoms with van der Waals surface area (Å²) in [5.74, 6) is 1.51. The van der Waals surface area contributed by atoms with Crippen molar-refractivity contribution in [1.82, 2.24) is 4.98 Å². The molecule has 0 N–H and O–H groups in total. The lowest BCUT2D eigenvalue weighted by molar-refractivity contribution is -0.120. The maximum Gasteiger partial charge on any atom is 0.227 e. The second kappa shape index (κ2) is 12.3. The lowest BCUT2D eigenvalue weighted by Gasteiger charge is -2.32. The molecule has 4 aromatic rings. The van der Waals surface area contributed by atoms with Crippen LogP contribution in [0, 0.1) is 18.7 Å². The molecule has 1 amide bonds. The highest BCUT2D eigenvalue weighted by Gasteiger charge is 2.26. The van der Waals surface area contributed by atoms with Crippen molar-refractivity contribution in [3.8, 4) is 11.5 Å². The number of ether oxygens (including phenoxy) is 3. The molecule has 0 atom stereocenters. The highest BCUT2D eigenvalue weighted by Crippen LogP contribution is 2.35. The van der Waals surface area contributed by atoms with Crippen LogP contribution in [0.4, 0.5) is 10.1 Å². The molecule has 41 heavy (non-hydrogen) atoms. The van der Waals surface area contributed by atoms with E-state index in [4.69, 9.17) is 19.2 Å². The first-order chi connectivity index (χ1) is 20.0. The van der Waals surface area contributed by atoms with Gasteiger partial charge in [0.15, 0.2) is 0 Å². The van der Waals surface area contributed by atoms with Crippen molar-refractivity contribution < 1.29 is 23.4 Å². The summed E-state index contributed by atoms with van der Waals surface area (Å²) in [7, 11) is 0. The molecule has 0 unspecified atom stereocenters. The van der Waals surface area contributed by atoms with E-state index in [9.17, 15) is 9.18 Å². The van der Waals surface area contributed by atoms with E-state index in [1.165, 1.54) is 17.7 Å². The SMILES string of the molecule is Cc1c(COc2ccc3c(c2)N(C(=O)CC2CCOCC2)CCC3)nc2ccc(F)cc2c1OCc1ccccc1. The number of carbonyl (C=O) groups excluding carboxylic acids is 1. The molecule has 6 nitrogen and oxygen atoms in total. The van der Waals surface area contributed by atoms with E-state index in [2.05, 4.69) is 6.07 Å². The Kier molecular flexibility index (Phi) is 8.14. The second-order valence-electron chi connectivity index (χ2n) is 10.9. The van der Waals surface area contributed by atoms with Gasteiger partial charge in [0.1, 0.15) is 30.5 Å². The summed E-state index contributed by atoms with van der Waals surface area (Å²) in [6.45, 7) is 4.71. The number of aryl methyl sites for hydroxylation is 1. The molecule has 3 aromatic carbocycles. The summed E-state index contributed by atoms with van der Waals surface area (Å²) in [6.07, 6.45) is 4.34. The maximum absolute atomic E-state index is 14.2. The number of pyridine rings is 1. The summed E-state index contributed by atoms with van der Waals surface area (Å²) in [4.78, 5) is 20.0. The number of benzene rings is 3. The number of halogens is 1. The minimum absolute atomic E-state index is 0.175. The molecule has 0 radical (unpaired) electrons. The monoisotopic (exact) mass is 554 g/mol. The molecule has 0 spiro atoms. The molecule has 1 saturated heterocycles. The number of aromatic nitrogens is 1. The fraction of sp³-hybridized carbons (Fsp3) is 0.353. The summed E-state index contributed by atoms with van der Waals surface area (Å²) in [6, 6.07) is 20.4. The van der Waals surface area contributed by atoms with Crippen molar-refractivity contribution >= 4 is 22.5 Å². The van der Waals surface area contributed by atoms with Crippen LogP contribution in [0.5, 0.6) is 11.5 Å². The third kappa shape index (κ3) is 6.20. The summed E-state index contributed by atoms with van der Waals surface area (Å²) in [5, 5.41) is 0.634. The number of fused-ring (bicyclic) bond motifs is 2. The van der Waals surface area contributed by atoms with Gasteiger partial charge in [-0.25, -0.2) is 9.37 Å². The molecular weight excluding hydrogens is 519 g/mol. The predicted molar refractivity (Wildman–Crippen MR) is 157 cm³/mol. The molecule has 3 heterocycles. The van der Waals surface area contributed by atoms with Crippen molar-refractivity contribution in [3.05, 3.63) is 94.9 Å². The van der Waals surface area contributed by atoms with Crippen LogP contribution in [0.1, 0.15) is 48.1 Å². The maximum atomic E-state index is 14.2. The summed E-state index contributed by atoms with van der Waals surface area (Å²) >= 11 is 0. The zero-order valence-corrected chi connectivity index (χ0v) is 23.4. The Balaban J connectivity index is 1.22. The van der Waals surface area contributed by atoms with Crippen LogP contribution in [-0.4, -0.2) is 30.6 Å². The lowest BCUT2D eigenvalue weighted by Crippen LogP contribution is -2.37.